The fourth-order valence-electron chi connectivity index (χ4n) is 3.48. The molecule has 1 aliphatic heterocycles. The van der Waals surface area contributed by atoms with E-state index in [1.165, 1.54) is 0 Å². The largest absolute Gasteiger partial charge is 0.356 e. The molecule has 0 unspecified atom stereocenters. The van der Waals surface area contributed by atoms with Crippen molar-refractivity contribution in [2.45, 2.75) is 33.2 Å². The fraction of sp³-hybridized carbons (Fsp3) is 0.474. The third-order valence-corrected chi connectivity index (χ3v) is 4.90. The summed E-state index contributed by atoms with van der Waals surface area (Å²) in [5, 5.41) is 3.91. The predicted molar refractivity (Wildman–Crippen MR) is 94.9 cm³/mol. The first-order valence-electron chi connectivity index (χ1n) is 8.71. The highest BCUT2D eigenvalue weighted by Crippen LogP contribution is 2.25. The number of aromatic nitrogens is 1. The number of piperidine rings is 1. The summed E-state index contributed by atoms with van der Waals surface area (Å²) >= 11 is 0. The number of rotatable bonds is 4. The zero-order valence-electron chi connectivity index (χ0n) is 14.4. The summed E-state index contributed by atoms with van der Waals surface area (Å²) in [6.07, 6.45) is 3.87. The van der Waals surface area contributed by atoms with Crippen LogP contribution in [-0.4, -0.2) is 40.9 Å². The second-order valence-corrected chi connectivity index (χ2v) is 6.52. The molecule has 0 bridgehead atoms. The Bertz CT molecular complexity index is 742. The van der Waals surface area contributed by atoms with Crippen LogP contribution in [0.5, 0.6) is 0 Å². The number of nitrogens with zero attached hydrogens (tertiary/aromatic N) is 2. The Balaban J connectivity index is 1.71. The van der Waals surface area contributed by atoms with Crippen LogP contribution in [0.2, 0.25) is 0 Å². The van der Waals surface area contributed by atoms with Gasteiger partial charge in [-0.25, -0.2) is 0 Å². The molecule has 1 aromatic carbocycles. The molecule has 0 spiro atoms. The average Bonchev–Trinajstić information content (AvgIpc) is 2.98. The Hall–Kier alpha value is -2.30. The van der Waals surface area contributed by atoms with Crippen molar-refractivity contribution in [1.82, 2.24) is 14.8 Å². The smallest absolute Gasteiger partial charge is 0.256 e. The van der Waals surface area contributed by atoms with Crippen LogP contribution in [-0.2, 0) is 11.3 Å². The van der Waals surface area contributed by atoms with Gasteiger partial charge in [-0.15, -0.1) is 0 Å². The molecule has 0 saturated carbocycles. The van der Waals surface area contributed by atoms with Crippen molar-refractivity contribution in [2.75, 3.05) is 19.6 Å². The summed E-state index contributed by atoms with van der Waals surface area (Å²) < 4.78 is 2.13. The highest BCUT2D eigenvalue weighted by atomic mass is 16.2. The lowest BCUT2D eigenvalue weighted by atomic mass is 9.96. The number of hydrogen-bond donors (Lipinski definition) is 1. The lowest BCUT2D eigenvalue weighted by Gasteiger charge is -2.32. The number of amides is 2. The van der Waals surface area contributed by atoms with E-state index in [2.05, 4.69) is 22.9 Å². The molecule has 2 heterocycles. The molecule has 0 atom stereocenters. The molecule has 1 aliphatic rings. The maximum absolute atomic E-state index is 13.0. The number of fused-ring (bicyclic) bond motifs is 1. The van der Waals surface area contributed by atoms with Crippen molar-refractivity contribution in [1.29, 1.82) is 0 Å². The number of likely N-dealkylation sites (tertiary alicyclic amines) is 1. The summed E-state index contributed by atoms with van der Waals surface area (Å²) in [6.45, 7) is 6.72. The monoisotopic (exact) mass is 327 g/mol. The molecule has 1 N–H and O–H groups in total. The van der Waals surface area contributed by atoms with Crippen molar-refractivity contribution < 1.29 is 9.59 Å². The van der Waals surface area contributed by atoms with Crippen LogP contribution in [0, 0.1) is 5.92 Å². The SMILES string of the molecule is CCn1cc(C(=O)N2CCC(CNC(C)=O)CC2)c2ccccc21. The van der Waals surface area contributed by atoms with Crippen molar-refractivity contribution in [3.8, 4) is 0 Å². The molecule has 0 radical (unpaired) electrons. The van der Waals surface area contributed by atoms with Gasteiger partial charge in [0, 0.05) is 50.2 Å². The average molecular weight is 327 g/mol. The second kappa shape index (κ2) is 7.07. The van der Waals surface area contributed by atoms with Crippen molar-refractivity contribution in [3.05, 3.63) is 36.0 Å². The quantitative estimate of drug-likeness (QED) is 0.938. The topological polar surface area (TPSA) is 54.3 Å². The first-order valence-corrected chi connectivity index (χ1v) is 8.71. The molecule has 1 aromatic heterocycles. The second-order valence-electron chi connectivity index (χ2n) is 6.52. The number of para-hydroxylation sites is 1. The Morgan fingerprint density at radius 2 is 1.92 bits per heavy atom. The Labute approximate surface area is 142 Å². The molecule has 128 valence electrons. The lowest BCUT2D eigenvalue weighted by Crippen LogP contribution is -2.41. The van der Waals surface area contributed by atoms with E-state index in [-0.39, 0.29) is 11.8 Å². The number of carbonyl (C=O) groups excluding carboxylic acids is 2. The first-order chi connectivity index (χ1) is 11.6. The third kappa shape index (κ3) is 3.30. The summed E-state index contributed by atoms with van der Waals surface area (Å²) in [5.41, 5.74) is 1.91. The summed E-state index contributed by atoms with van der Waals surface area (Å²) in [5.74, 6) is 0.604. The van der Waals surface area contributed by atoms with E-state index < -0.39 is 0 Å². The minimum absolute atomic E-state index is 0.0147. The molecule has 1 fully saturated rings. The predicted octanol–water partition coefficient (Wildman–Crippen LogP) is 2.65. The molecule has 5 nitrogen and oxygen atoms in total. The molecular formula is C19H25N3O2. The van der Waals surface area contributed by atoms with Gasteiger partial charge >= 0.3 is 0 Å². The van der Waals surface area contributed by atoms with E-state index in [1.807, 2.05) is 29.3 Å². The molecule has 0 aliphatic carbocycles. The van der Waals surface area contributed by atoms with Crippen LogP contribution in [0.4, 0.5) is 0 Å². The van der Waals surface area contributed by atoms with Gasteiger partial charge in [-0.2, -0.15) is 0 Å². The summed E-state index contributed by atoms with van der Waals surface area (Å²) in [7, 11) is 0. The number of aryl methyl sites for hydroxylation is 1. The van der Waals surface area contributed by atoms with Crippen LogP contribution in [0.15, 0.2) is 30.5 Å². The third-order valence-electron chi connectivity index (χ3n) is 4.90. The minimum Gasteiger partial charge on any atom is -0.356 e. The minimum atomic E-state index is 0.0147. The normalized spacial score (nSPS) is 15.7. The summed E-state index contributed by atoms with van der Waals surface area (Å²) in [6, 6.07) is 8.09. The number of nitrogens with one attached hydrogen (secondary N) is 1. The number of carbonyl (C=O) groups is 2. The van der Waals surface area contributed by atoms with E-state index in [0.29, 0.717) is 12.5 Å². The highest BCUT2D eigenvalue weighted by molar-refractivity contribution is 6.07. The fourth-order valence-corrected chi connectivity index (χ4v) is 3.48. The van der Waals surface area contributed by atoms with Crippen molar-refractivity contribution in [3.63, 3.8) is 0 Å². The van der Waals surface area contributed by atoms with Gasteiger partial charge in [-0.3, -0.25) is 9.59 Å². The standard InChI is InChI=1S/C19H25N3O2/c1-3-21-13-17(16-6-4-5-7-18(16)21)19(24)22-10-8-15(9-11-22)12-20-14(2)23/h4-7,13,15H,3,8-12H2,1-2H3,(H,20,23). The summed E-state index contributed by atoms with van der Waals surface area (Å²) in [4.78, 5) is 25.9. The van der Waals surface area contributed by atoms with Gasteiger partial charge in [0.25, 0.3) is 5.91 Å². The van der Waals surface area contributed by atoms with Crippen LogP contribution in [0.25, 0.3) is 10.9 Å². The Morgan fingerprint density at radius 3 is 2.58 bits per heavy atom. The van der Waals surface area contributed by atoms with E-state index in [1.54, 1.807) is 6.92 Å². The molecule has 3 rings (SSSR count). The van der Waals surface area contributed by atoms with E-state index in [9.17, 15) is 9.59 Å². The highest BCUT2D eigenvalue weighted by Gasteiger charge is 2.25. The lowest BCUT2D eigenvalue weighted by molar-refractivity contribution is -0.119. The van der Waals surface area contributed by atoms with Crippen molar-refractivity contribution >= 4 is 22.7 Å². The first kappa shape index (κ1) is 16.6. The maximum atomic E-state index is 13.0. The zero-order chi connectivity index (χ0) is 17.1. The number of benzene rings is 1. The molecule has 2 amide bonds. The van der Waals surface area contributed by atoms with Gasteiger partial charge in [0.1, 0.15) is 0 Å². The van der Waals surface area contributed by atoms with E-state index >= 15 is 0 Å². The zero-order valence-corrected chi connectivity index (χ0v) is 14.4. The maximum Gasteiger partial charge on any atom is 0.256 e. The van der Waals surface area contributed by atoms with Gasteiger partial charge in [-0.1, -0.05) is 18.2 Å². The molecule has 24 heavy (non-hydrogen) atoms. The van der Waals surface area contributed by atoms with Gasteiger partial charge in [0.15, 0.2) is 0 Å². The van der Waals surface area contributed by atoms with Gasteiger partial charge in [0.05, 0.1) is 5.56 Å². The van der Waals surface area contributed by atoms with Crippen LogP contribution < -0.4 is 5.32 Å². The molecule has 1 saturated heterocycles. The van der Waals surface area contributed by atoms with Gasteiger partial charge < -0.3 is 14.8 Å². The van der Waals surface area contributed by atoms with Gasteiger partial charge in [0.2, 0.25) is 5.91 Å². The van der Waals surface area contributed by atoms with Crippen LogP contribution in [0.3, 0.4) is 0 Å². The molecular weight excluding hydrogens is 302 g/mol. The molecule has 2 aromatic rings. The molecule has 5 heteroatoms. The van der Waals surface area contributed by atoms with Crippen molar-refractivity contribution in [2.24, 2.45) is 5.92 Å². The van der Waals surface area contributed by atoms with E-state index in [4.69, 9.17) is 0 Å². The number of hydrogen-bond acceptors (Lipinski definition) is 2. The van der Waals surface area contributed by atoms with Crippen LogP contribution >= 0.6 is 0 Å². The van der Waals surface area contributed by atoms with Crippen LogP contribution in [0.1, 0.15) is 37.0 Å². The Morgan fingerprint density at radius 1 is 1.21 bits per heavy atom. The van der Waals surface area contributed by atoms with Gasteiger partial charge in [-0.05, 0) is 31.7 Å². The Kier molecular flexibility index (Phi) is 4.88. The van der Waals surface area contributed by atoms with E-state index in [0.717, 1.165) is 48.9 Å².